The number of carbonyl (C=O) groups is 5. The first-order chi connectivity index (χ1) is 23.0. The molecule has 4 rings (SSSR count). The number of carbonyl (C=O) groups excluding carboxylic acids is 5. The van der Waals surface area contributed by atoms with Crippen LogP contribution in [0.4, 0.5) is 17.1 Å². The van der Waals surface area contributed by atoms with Crippen LogP contribution in [0.1, 0.15) is 59.4 Å². The number of amides is 5. The van der Waals surface area contributed by atoms with E-state index < -0.39 is 17.9 Å². The molecule has 5 amide bonds. The summed E-state index contributed by atoms with van der Waals surface area (Å²) in [6, 6.07) is 16.1. The molecule has 1 aliphatic heterocycles. The minimum atomic E-state index is -0.511. The van der Waals surface area contributed by atoms with Gasteiger partial charge in [-0.05, 0) is 94.2 Å². The van der Waals surface area contributed by atoms with E-state index in [0.29, 0.717) is 59.5 Å². The van der Waals surface area contributed by atoms with Gasteiger partial charge in [0.2, 0.25) is 17.7 Å². The van der Waals surface area contributed by atoms with E-state index in [0.717, 1.165) is 12.0 Å². The van der Waals surface area contributed by atoms with Gasteiger partial charge in [0.15, 0.2) is 0 Å². The van der Waals surface area contributed by atoms with Crippen molar-refractivity contribution in [3.8, 4) is 0 Å². The number of nitrogens with zero attached hydrogens (tertiary/aromatic N) is 1. The van der Waals surface area contributed by atoms with Crippen LogP contribution in [0, 0.1) is 12.8 Å². The molecule has 5 N–H and O–H groups in total. The van der Waals surface area contributed by atoms with Crippen molar-refractivity contribution in [3.63, 3.8) is 0 Å². The van der Waals surface area contributed by atoms with Crippen molar-refractivity contribution in [2.45, 2.75) is 46.1 Å². The molecule has 0 saturated carbocycles. The Morgan fingerprint density at radius 3 is 2.27 bits per heavy atom. The van der Waals surface area contributed by atoms with E-state index >= 15 is 0 Å². The number of benzene rings is 3. The summed E-state index contributed by atoms with van der Waals surface area (Å²) in [6.45, 7) is 6.85. The number of piperidine rings is 1. The molecule has 1 aliphatic rings. The topological polar surface area (TPSA) is 149 Å². The first-order valence-corrected chi connectivity index (χ1v) is 16.6. The fourth-order valence-electron chi connectivity index (χ4n) is 5.28. The van der Waals surface area contributed by atoms with E-state index in [2.05, 4.69) is 26.6 Å². The number of hydrogen-bond acceptors (Lipinski definition) is 6. The number of hydrogen-bond donors (Lipinski definition) is 5. The van der Waals surface area contributed by atoms with Crippen LogP contribution >= 0.6 is 23.2 Å². The van der Waals surface area contributed by atoms with E-state index in [1.54, 1.807) is 37.3 Å². The van der Waals surface area contributed by atoms with Gasteiger partial charge in [0.1, 0.15) is 0 Å². The minimum absolute atomic E-state index is 0.223. The van der Waals surface area contributed by atoms with Gasteiger partial charge in [-0.2, -0.15) is 0 Å². The average molecular weight is 696 g/mol. The summed E-state index contributed by atoms with van der Waals surface area (Å²) in [5, 5.41) is 14.5. The lowest BCUT2D eigenvalue weighted by Crippen LogP contribution is -2.48. The highest BCUT2D eigenvalue weighted by Crippen LogP contribution is 2.26. The molecule has 1 heterocycles. The van der Waals surface area contributed by atoms with Crippen LogP contribution in [0.15, 0.2) is 60.7 Å². The lowest BCUT2D eigenvalue weighted by atomic mass is 9.95. The van der Waals surface area contributed by atoms with Crippen molar-refractivity contribution in [3.05, 3.63) is 87.4 Å². The van der Waals surface area contributed by atoms with Gasteiger partial charge >= 0.3 is 0 Å². The van der Waals surface area contributed by atoms with E-state index in [4.69, 9.17) is 23.2 Å². The Hall–Kier alpha value is -4.45. The number of nitrogens with one attached hydrogen (secondary N) is 5. The summed E-state index contributed by atoms with van der Waals surface area (Å²) in [5.74, 6) is -2.06. The van der Waals surface area contributed by atoms with Gasteiger partial charge in [-0.15, -0.1) is 0 Å². The lowest BCUT2D eigenvalue weighted by molar-refractivity contribution is -0.129. The molecule has 0 aliphatic carbocycles. The minimum Gasteiger partial charge on any atom is -0.352 e. The molecule has 1 unspecified atom stereocenters. The van der Waals surface area contributed by atoms with Crippen molar-refractivity contribution >= 4 is 69.8 Å². The maximum absolute atomic E-state index is 13.1. The van der Waals surface area contributed by atoms with E-state index in [9.17, 15) is 24.0 Å². The zero-order chi connectivity index (χ0) is 34.8. The standard InChI is InChI=1S/C35H40Cl2N6O5/c1-4-15-38-34(47)24-9-12-27(37)30(18-24)42-32(45)22(3)43-16-13-23(14-17-43)33(46)39-20-31(44)40-29-19-25(36)10-11-26(29)35(48)41-28-8-6-5-7-21(28)2/h5-12,18-19,22-23H,4,13-17,20H2,1-3H3,(H,38,47)(H,39,46)(H,40,44)(H,41,48)(H,42,45). The number of halogens is 2. The highest BCUT2D eigenvalue weighted by Gasteiger charge is 2.30. The summed E-state index contributed by atoms with van der Waals surface area (Å²) in [6.07, 6.45) is 1.79. The van der Waals surface area contributed by atoms with Gasteiger partial charge in [-0.1, -0.05) is 48.3 Å². The van der Waals surface area contributed by atoms with E-state index in [1.165, 1.54) is 12.1 Å². The number of aryl methyl sites for hydroxylation is 1. The zero-order valence-electron chi connectivity index (χ0n) is 27.1. The van der Waals surface area contributed by atoms with Crippen molar-refractivity contribution in [2.24, 2.45) is 5.92 Å². The Bertz CT molecular complexity index is 1670. The maximum Gasteiger partial charge on any atom is 0.257 e. The number of rotatable bonds is 12. The van der Waals surface area contributed by atoms with Crippen molar-refractivity contribution in [1.82, 2.24) is 15.5 Å². The fourth-order valence-corrected chi connectivity index (χ4v) is 5.62. The van der Waals surface area contributed by atoms with Crippen LogP contribution in [0.25, 0.3) is 0 Å². The van der Waals surface area contributed by atoms with Crippen LogP contribution < -0.4 is 26.6 Å². The second-order valence-corrected chi connectivity index (χ2v) is 12.5. The molecular weight excluding hydrogens is 655 g/mol. The number of likely N-dealkylation sites (tertiary alicyclic amines) is 1. The largest absolute Gasteiger partial charge is 0.352 e. The normalized spacial score (nSPS) is 14.0. The Labute approximate surface area is 290 Å². The van der Waals surface area contributed by atoms with E-state index in [-0.39, 0.29) is 41.4 Å². The highest BCUT2D eigenvalue weighted by molar-refractivity contribution is 6.34. The van der Waals surface area contributed by atoms with Gasteiger partial charge in [-0.3, -0.25) is 28.9 Å². The summed E-state index contributed by atoms with van der Waals surface area (Å²) in [5.41, 5.74) is 2.72. The quantitative estimate of drug-likeness (QED) is 0.169. The Balaban J connectivity index is 1.26. The van der Waals surface area contributed by atoms with Crippen LogP contribution in [-0.4, -0.2) is 66.7 Å². The molecule has 0 spiro atoms. The monoisotopic (exact) mass is 694 g/mol. The molecule has 3 aromatic carbocycles. The molecule has 1 fully saturated rings. The Morgan fingerprint density at radius 2 is 1.56 bits per heavy atom. The van der Waals surface area contributed by atoms with Crippen LogP contribution in [0.5, 0.6) is 0 Å². The zero-order valence-corrected chi connectivity index (χ0v) is 28.6. The van der Waals surface area contributed by atoms with Crippen LogP contribution in [0.2, 0.25) is 10.0 Å². The third-order valence-electron chi connectivity index (χ3n) is 8.17. The maximum atomic E-state index is 13.1. The molecular formula is C35H40Cl2N6O5. The van der Waals surface area contributed by atoms with Gasteiger partial charge < -0.3 is 26.6 Å². The number of anilines is 3. The molecule has 11 nitrogen and oxygen atoms in total. The Morgan fingerprint density at radius 1 is 0.833 bits per heavy atom. The summed E-state index contributed by atoms with van der Waals surface area (Å²) in [4.78, 5) is 66.2. The predicted molar refractivity (Wildman–Crippen MR) is 189 cm³/mol. The fraction of sp³-hybridized carbons (Fsp3) is 0.343. The van der Waals surface area contributed by atoms with Gasteiger partial charge in [0, 0.05) is 28.7 Å². The van der Waals surface area contributed by atoms with Crippen molar-refractivity contribution in [2.75, 3.05) is 42.1 Å². The van der Waals surface area contributed by atoms with Gasteiger partial charge in [-0.25, -0.2) is 0 Å². The molecule has 13 heteroatoms. The molecule has 0 bridgehead atoms. The lowest BCUT2D eigenvalue weighted by Gasteiger charge is -2.34. The highest BCUT2D eigenvalue weighted by atomic mass is 35.5. The summed E-state index contributed by atoms with van der Waals surface area (Å²) >= 11 is 12.4. The molecule has 1 atom stereocenters. The van der Waals surface area contributed by atoms with Crippen LogP contribution in [0.3, 0.4) is 0 Å². The molecule has 254 valence electrons. The summed E-state index contributed by atoms with van der Waals surface area (Å²) < 4.78 is 0. The van der Waals surface area contributed by atoms with E-state index in [1.807, 2.05) is 36.9 Å². The third-order valence-corrected chi connectivity index (χ3v) is 8.73. The first kappa shape index (κ1) is 36.4. The molecule has 48 heavy (non-hydrogen) atoms. The van der Waals surface area contributed by atoms with Crippen molar-refractivity contribution in [1.29, 1.82) is 0 Å². The number of para-hydroxylation sites is 1. The SMILES string of the molecule is CCCNC(=O)c1ccc(Cl)c(NC(=O)C(C)N2CCC(C(=O)NCC(=O)Nc3cc(Cl)ccc3C(=O)Nc3ccccc3C)CC2)c1. The second-order valence-electron chi connectivity index (χ2n) is 11.7. The average Bonchev–Trinajstić information content (AvgIpc) is 3.07. The smallest absolute Gasteiger partial charge is 0.257 e. The Kier molecular flexibility index (Phi) is 13.0. The molecule has 3 aromatic rings. The van der Waals surface area contributed by atoms with Gasteiger partial charge in [0.25, 0.3) is 11.8 Å². The molecule has 0 aromatic heterocycles. The third kappa shape index (κ3) is 9.79. The molecule has 0 radical (unpaired) electrons. The van der Waals surface area contributed by atoms with Crippen LogP contribution in [-0.2, 0) is 14.4 Å². The van der Waals surface area contributed by atoms with Crippen molar-refractivity contribution < 1.29 is 24.0 Å². The van der Waals surface area contributed by atoms with Gasteiger partial charge in [0.05, 0.1) is 34.5 Å². The summed E-state index contributed by atoms with van der Waals surface area (Å²) in [7, 11) is 0. The second kappa shape index (κ2) is 17.1. The predicted octanol–water partition coefficient (Wildman–Crippen LogP) is 5.49. The first-order valence-electron chi connectivity index (χ1n) is 15.8. The molecule has 1 saturated heterocycles.